The van der Waals surface area contributed by atoms with E-state index in [-0.39, 0.29) is 5.41 Å². The van der Waals surface area contributed by atoms with Crippen LogP contribution in [0.2, 0.25) is 0 Å². The van der Waals surface area contributed by atoms with Crippen molar-refractivity contribution < 1.29 is 0 Å². The summed E-state index contributed by atoms with van der Waals surface area (Å²) in [6.45, 7) is 15.9. The van der Waals surface area contributed by atoms with Crippen LogP contribution in [0, 0.1) is 27.7 Å². The number of hydrogen-bond acceptors (Lipinski definition) is 1. The van der Waals surface area contributed by atoms with Gasteiger partial charge >= 0.3 is 0 Å². The van der Waals surface area contributed by atoms with Crippen LogP contribution in [0.25, 0.3) is 50.5 Å². The number of aryl methyl sites for hydroxylation is 3. The zero-order valence-corrected chi connectivity index (χ0v) is 28.5. The van der Waals surface area contributed by atoms with Crippen LogP contribution in [-0.2, 0) is 5.41 Å². The maximum Gasteiger partial charge on any atom is 0.144 e. The van der Waals surface area contributed by atoms with Crippen LogP contribution in [0.4, 0.5) is 0 Å². The first-order valence-electron chi connectivity index (χ1n) is 16.7. The van der Waals surface area contributed by atoms with E-state index >= 15 is 0 Å². The lowest BCUT2D eigenvalue weighted by atomic mass is 9.84. The molecule has 6 aromatic rings. The average Bonchev–Trinajstić information content (AvgIpc) is 3.51. The largest absolute Gasteiger partial charge is 0.296 e. The molecule has 2 heteroatoms. The molecule has 1 heterocycles. The second-order valence-electron chi connectivity index (χ2n) is 13.5. The molecule has 46 heavy (non-hydrogen) atoms. The maximum absolute atomic E-state index is 5.17. The molecule has 0 spiro atoms. The Labute approximate surface area is 275 Å². The molecule has 5 aromatic carbocycles. The van der Waals surface area contributed by atoms with Crippen molar-refractivity contribution in [2.45, 2.75) is 73.1 Å². The monoisotopic (exact) mass is 602 g/mol. The first-order chi connectivity index (χ1) is 22.2. The van der Waals surface area contributed by atoms with Gasteiger partial charge in [0.25, 0.3) is 0 Å². The summed E-state index contributed by atoms with van der Waals surface area (Å²) in [5.41, 5.74) is 16.1. The highest BCUT2D eigenvalue weighted by molar-refractivity contribution is 5.86. The van der Waals surface area contributed by atoms with Gasteiger partial charge in [-0.2, -0.15) is 0 Å². The summed E-state index contributed by atoms with van der Waals surface area (Å²) in [6, 6.07) is 39.9. The molecule has 0 N–H and O–H groups in total. The third-order valence-electron chi connectivity index (χ3n) is 9.59. The molecule has 0 saturated heterocycles. The Balaban J connectivity index is 1.57. The molecule has 0 aliphatic rings. The average molecular weight is 603 g/mol. The van der Waals surface area contributed by atoms with E-state index < -0.39 is 0 Å². The number of hydrogen-bond donors (Lipinski definition) is 0. The zero-order valence-electron chi connectivity index (χ0n) is 28.5. The van der Waals surface area contributed by atoms with Gasteiger partial charge < -0.3 is 0 Å². The Kier molecular flexibility index (Phi) is 8.82. The van der Waals surface area contributed by atoms with Crippen molar-refractivity contribution in [3.63, 3.8) is 0 Å². The van der Waals surface area contributed by atoms with Crippen molar-refractivity contribution in [2.24, 2.45) is 0 Å². The van der Waals surface area contributed by atoms with Crippen molar-refractivity contribution in [3.05, 3.63) is 143 Å². The molecule has 0 aliphatic heterocycles. The van der Waals surface area contributed by atoms with Gasteiger partial charge in [-0.1, -0.05) is 124 Å². The smallest absolute Gasteiger partial charge is 0.144 e. The zero-order chi connectivity index (χ0) is 32.4. The van der Waals surface area contributed by atoms with E-state index in [9.17, 15) is 0 Å². The number of benzene rings is 5. The predicted molar refractivity (Wildman–Crippen MR) is 197 cm³/mol. The van der Waals surface area contributed by atoms with Gasteiger partial charge in [-0.05, 0) is 108 Å². The minimum absolute atomic E-state index is 0.0156. The molecule has 232 valence electrons. The van der Waals surface area contributed by atoms with Gasteiger partial charge in [-0.15, -0.1) is 0 Å². The molecule has 0 bridgehead atoms. The van der Waals surface area contributed by atoms with E-state index in [4.69, 9.17) is 4.98 Å². The van der Waals surface area contributed by atoms with Gasteiger partial charge in [0.1, 0.15) is 5.82 Å². The molecular weight excluding hydrogens is 556 g/mol. The Bertz CT molecular complexity index is 1920. The van der Waals surface area contributed by atoms with Gasteiger partial charge in [-0.25, -0.2) is 4.98 Å². The molecule has 1 aromatic heterocycles. The van der Waals surface area contributed by atoms with Gasteiger partial charge in [0.05, 0.1) is 5.69 Å². The molecule has 0 radical (unpaired) electrons. The number of imidazole rings is 1. The Morgan fingerprint density at radius 2 is 1.22 bits per heavy atom. The highest BCUT2D eigenvalue weighted by Crippen LogP contribution is 2.40. The summed E-state index contributed by atoms with van der Waals surface area (Å²) in [6.07, 6.45) is 5.61. The lowest BCUT2D eigenvalue weighted by molar-refractivity contribution is 0.439. The fourth-order valence-corrected chi connectivity index (χ4v) is 6.86. The van der Waals surface area contributed by atoms with Crippen LogP contribution in [0.3, 0.4) is 0 Å². The lowest BCUT2D eigenvalue weighted by Crippen LogP contribution is -2.22. The highest BCUT2D eigenvalue weighted by Gasteiger charge is 2.28. The van der Waals surface area contributed by atoms with Gasteiger partial charge in [0.2, 0.25) is 0 Å². The molecule has 6 rings (SSSR count). The van der Waals surface area contributed by atoms with Gasteiger partial charge in [0, 0.05) is 22.9 Å². The van der Waals surface area contributed by atoms with Crippen molar-refractivity contribution >= 4 is 0 Å². The third-order valence-corrected chi connectivity index (χ3v) is 9.59. The van der Waals surface area contributed by atoms with Crippen LogP contribution in [0.5, 0.6) is 0 Å². The van der Waals surface area contributed by atoms with E-state index in [0.29, 0.717) is 0 Å². The fraction of sp³-hybridized carbons (Fsp3) is 0.250. The summed E-state index contributed by atoms with van der Waals surface area (Å²) in [4.78, 5) is 5.17. The molecule has 0 saturated carbocycles. The van der Waals surface area contributed by atoms with E-state index in [1.807, 2.05) is 0 Å². The maximum atomic E-state index is 5.17. The summed E-state index contributed by atoms with van der Waals surface area (Å²) in [5.74, 6) is 0.992. The second-order valence-corrected chi connectivity index (χ2v) is 13.5. The molecule has 0 unspecified atom stereocenters. The standard InChI is InChI=1S/C44H46N2/c1-8-9-24-44(6,7)42-29-45-43(46(42)41-23-20-30(2)25-32(41)4)36-22-21-31(3)38(26-36)37-27-39(34-16-12-10-13-17-34)33(5)40(28-37)35-18-14-11-15-19-35/h10-23,25-29H,8-9,24H2,1-7H3. The predicted octanol–water partition coefficient (Wildman–Crippen LogP) is 12.2. The fourth-order valence-electron chi connectivity index (χ4n) is 6.86. The molecule has 0 atom stereocenters. The molecular formula is C44H46N2. The molecule has 0 aliphatic carbocycles. The van der Waals surface area contributed by atoms with Crippen molar-refractivity contribution in [1.29, 1.82) is 0 Å². The van der Waals surface area contributed by atoms with E-state index in [0.717, 1.165) is 17.8 Å². The van der Waals surface area contributed by atoms with Crippen LogP contribution < -0.4 is 0 Å². The van der Waals surface area contributed by atoms with Crippen LogP contribution in [-0.4, -0.2) is 9.55 Å². The van der Waals surface area contributed by atoms with Crippen LogP contribution in [0.15, 0.2) is 115 Å². The minimum Gasteiger partial charge on any atom is -0.296 e. The summed E-state index contributed by atoms with van der Waals surface area (Å²) in [5, 5.41) is 0. The van der Waals surface area contributed by atoms with E-state index in [1.54, 1.807) is 0 Å². The van der Waals surface area contributed by atoms with E-state index in [1.165, 1.54) is 79.9 Å². The summed E-state index contributed by atoms with van der Waals surface area (Å²) in [7, 11) is 0. The minimum atomic E-state index is -0.0156. The topological polar surface area (TPSA) is 17.8 Å². The van der Waals surface area contributed by atoms with Crippen molar-refractivity contribution in [3.8, 4) is 50.5 Å². The van der Waals surface area contributed by atoms with E-state index in [2.05, 4.69) is 168 Å². The number of aromatic nitrogens is 2. The SMILES string of the molecule is CCCCC(C)(C)c1cnc(-c2ccc(C)c(-c3cc(-c4ccccc4)c(C)c(-c4ccccc4)c3)c2)n1-c1ccc(C)cc1C. The Morgan fingerprint density at radius 3 is 1.80 bits per heavy atom. The first-order valence-corrected chi connectivity index (χ1v) is 16.7. The quantitative estimate of drug-likeness (QED) is 0.161. The van der Waals surface area contributed by atoms with Crippen LogP contribution in [0.1, 0.15) is 68.0 Å². The molecule has 2 nitrogen and oxygen atoms in total. The first kappa shape index (κ1) is 31.3. The van der Waals surface area contributed by atoms with Crippen LogP contribution >= 0.6 is 0 Å². The Hall–Kier alpha value is -4.69. The normalized spacial score (nSPS) is 11.6. The summed E-state index contributed by atoms with van der Waals surface area (Å²) >= 11 is 0. The summed E-state index contributed by atoms with van der Waals surface area (Å²) < 4.78 is 2.43. The number of rotatable bonds is 9. The number of unbranched alkanes of at least 4 members (excludes halogenated alkanes) is 1. The highest BCUT2D eigenvalue weighted by atomic mass is 15.1. The Morgan fingerprint density at radius 1 is 0.609 bits per heavy atom. The van der Waals surface area contributed by atoms with Gasteiger partial charge in [-0.3, -0.25) is 4.57 Å². The van der Waals surface area contributed by atoms with Crippen molar-refractivity contribution in [2.75, 3.05) is 0 Å². The molecule has 0 amide bonds. The number of nitrogens with zero attached hydrogens (tertiary/aromatic N) is 2. The second kappa shape index (κ2) is 13.0. The van der Waals surface area contributed by atoms with Gasteiger partial charge in [0.15, 0.2) is 0 Å². The van der Waals surface area contributed by atoms with Crippen molar-refractivity contribution in [1.82, 2.24) is 9.55 Å². The molecule has 0 fully saturated rings. The lowest BCUT2D eigenvalue weighted by Gasteiger charge is -2.27. The third kappa shape index (κ3) is 6.09.